The molecule has 0 aliphatic carbocycles. The monoisotopic (exact) mass is 224 g/mol. The zero-order chi connectivity index (χ0) is 11.2. The molecule has 0 spiro atoms. The van der Waals surface area contributed by atoms with Gasteiger partial charge in [0.1, 0.15) is 0 Å². The van der Waals surface area contributed by atoms with Gasteiger partial charge in [0.2, 0.25) is 0 Å². The molecular weight excluding hydrogens is 208 g/mol. The van der Waals surface area contributed by atoms with Crippen molar-refractivity contribution in [2.24, 2.45) is 0 Å². The minimum absolute atomic E-state index is 0.306. The van der Waals surface area contributed by atoms with E-state index < -0.39 is 22.9 Å². The van der Waals surface area contributed by atoms with Crippen LogP contribution in [0.15, 0.2) is 0 Å². The third kappa shape index (κ3) is 5.31. The van der Waals surface area contributed by atoms with Crippen LogP contribution in [0.25, 0.3) is 0 Å². The van der Waals surface area contributed by atoms with Crippen molar-refractivity contribution in [1.82, 2.24) is 0 Å². The number of ether oxygens (including phenoxy) is 1. The van der Waals surface area contributed by atoms with Crippen LogP contribution in [0.2, 0.25) is 0 Å². The van der Waals surface area contributed by atoms with Crippen molar-refractivity contribution in [2.75, 3.05) is 6.61 Å². The predicted octanol–water partition coefficient (Wildman–Crippen LogP) is 1.26. The van der Waals surface area contributed by atoms with Crippen LogP contribution in [0, 0.1) is 0 Å². The summed E-state index contributed by atoms with van der Waals surface area (Å²) in [6.45, 7) is 5.04. The van der Waals surface area contributed by atoms with Gasteiger partial charge >= 0.3 is 17.3 Å². The number of unbranched alkanes of at least 4 members (excludes halogenated alkanes) is 1. The molecule has 6 heteroatoms. The first kappa shape index (κ1) is 13.5. The molecule has 14 heavy (non-hydrogen) atoms. The summed E-state index contributed by atoms with van der Waals surface area (Å²) >= 11 is -2.46. The van der Waals surface area contributed by atoms with Gasteiger partial charge in [-0.1, -0.05) is 13.3 Å². The molecule has 0 aromatic heterocycles. The molecule has 0 aliphatic heterocycles. The van der Waals surface area contributed by atoms with E-state index in [4.69, 9.17) is 9.29 Å². The molecule has 0 aromatic rings. The Kier molecular flexibility index (Phi) is 5.90. The minimum Gasteiger partial charge on any atom is -0.464 e. The second kappa shape index (κ2) is 6.10. The lowest BCUT2D eigenvalue weighted by atomic mass is 10.1. The van der Waals surface area contributed by atoms with Gasteiger partial charge in [-0.25, -0.2) is 4.79 Å². The molecule has 5 nitrogen and oxygen atoms in total. The summed E-state index contributed by atoms with van der Waals surface area (Å²) in [5.74, 6) is -0.631. The minimum atomic E-state index is -2.46. The van der Waals surface area contributed by atoms with Crippen molar-refractivity contribution in [3.8, 4) is 0 Å². The summed E-state index contributed by atoms with van der Waals surface area (Å²) in [6.07, 6.45) is 1.69. The maximum atomic E-state index is 11.3. The van der Waals surface area contributed by atoms with Crippen molar-refractivity contribution in [2.45, 2.75) is 39.2 Å². The number of carbonyl (C=O) groups is 1. The van der Waals surface area contributed by atoms with E-state index in [0.29, 0.717) is 6.61 Å². The van der Waals surface area contributed by atoms with E-state index >= 15 is 0 Å². The van der Waals surface area contributed by atoms with Gasteiger partial charge in [0.05, 0.1) is 6.61 Å². The Morgan fingerprint density at radius 3 is 2.50 bits per heavy atom. The molecule has 0 amide bonds. The van der Waals surface area contributed by atoms with Crippen LogP contribution in [0.1, 0.15) is 33.6 Å². The van der Waals surface area contributed by atoms with E-state index in [1.165, 1.54) is 13.8 Å². The van der Waals surface area contributed by atoms with Crippen molar-refractivity contribution in [3.05, 3.63) is 0 Å². The molecule has 0 rings (SSSR count). The Balaban J connectivity index is 4.01. The lowest BCUT2D eigenvalue weighted by Gasteiger charge is -2.19. The van der Waals surface area contributed by atoms with Gasteiger partial charge in [-0.05, 0) is 20.3 Å². The standard InChI is InChI=1S/C8H16O5S/c1-4-5-6-12-7(9)8(2,3)13-14(10)11/h4-6H2,1-3H3,(H,10,11). The highest BCUT2D eigenvalue weighted by Gasteiger charge is 2.32. The van der Waals surface area contributed by atoms with Crippen LogP contribution in [0.4, 0.5) is 0 Å². The lowest BCUT2D eigenvalue weighted by Crippen LogP contribution is -2.37. The Morgan fingerprint density at radius 1 is 1.50 bits per heavy atom. The third-order valence-corrected chi connectivity index (χ3v) is 2.06. The van der Waals surface area contributed by atoms with Crippen LogP contribution >= 0.6 is 0 Å². The van der Waals surface area contributed by atoms with Crippen molar-refractivity contribution < 1.29 is 22.5 Å². The average molecular weight is 224 g/mol. The number of hydrogen-bond donors (Lipinski definition) is 1. The molecule has 1 unspecified atom stereocenters. The normalized spacial score (nSPS) is 13.7. The fourth-order valence-electron chi connectivity index (χ4n) is 0.695. The molecule has 0 radical (unpaired) electrons. The van der Waals surface area contributed by atoms with Crippen LogP contribution in [-0.2, 0) is 25.1 Å². The van der Waals surface area contributed by atoms with E-state index in [9.17, 15) is 9.00 Å². The van der Waals surface area contributed by atoms with Crippen LogP contribution in [0.3, 0.4) is 0 Å². The van der Waals surface area contributed by atoms with Gasteiger partial charge in [0.15, 0.2) is 5.60 Å². The molecular formula is C8H16O5S. The summed E-state index contributed by atoms with van der Waals surface area (Å²) in [7, 11) is 0. The maximum Gasteiger partial charge on any atom is 0.339 e. The molecule has 1 atom stereocenters. The smallest absolute Gasteiger partial charge is 0.339 e. The number of carbonyl (C=O) groups excluding carboxylic acids is 1. The van der Waals surface area contributed by atoms with E-state index in [1.807, 2.05) is 6.92 Å². The Hall–Kier alpha value is -0.460. The van der Waals surface area contributed by atoms with Gasteiger partial charge in [-0.3, -0.25) is 8.74 Å². The molecule has 0 saturated carbocycles. The van der Waals surface area contributed by atoms with Crippen molar-refractivity contribution >= 4 is 17.3 Å². The largest absolute Gasteiger partial charge is 0.464 e. The van der Waals surface area contributed by atoms with Crippen molar-refractivity contribution in [1.29, 1.82) is 0 Å². The summed E-state index contributed by atoms with van der Waals surface area (Å²) in [5.41, 5.74) is -1.38. The van der Waals surface area contributed by atoms with Crippen LogP contribution < -0.4 is 0 Å². The van der Waals surface area contributed by atoms with Gasteiger partial charge < -0.3 is 4.74 Å². The molecule has 0 fully saturated rings. The van der Waals surface area contributed by atoms with Crippen molar-refractivity contribution in [3.63, 3.8) is 0 Å². The molecule has 0 heterocycles. The van der Waals surface area contributed by atoms with E-state index in [2.05, 4.69) is 4.18 Å². The fraction of sp³-hybridized carbons (Fsp3) is 0.875. The zero-order valence-electron chi connectivity index (χ0n) is 8.61. The molecule has 0 saturated heterocycles. The number of rotatable bonds is 6. The van der Waals surface area contributed by atoms with Crippen LogP contribution in [-0.4, -0.2) is 26.9 Å². The van der Waals surface area contributed by atoms with Crippen LogP contribution in [0.5, 0.6) is 0 Å². The fourth-order valence-corrected chi connectivity index (χ4v) is 1.12. The number of hydrogen-bond acceptors (Lipinski definition) is 4. The predicted molar refractivity (Wildman–Crippen MR) is 51.8 cm³/mol. The molecule has 0 aliphatic rings. The molecule has 0 bridgehead atoms. The first-order valence-corrected chi connectivity index (χ1v) is 5.41. The highest BCUT2D eigenvalue weighted by molar-refractivity contribution is 7.74. The summed E-state index contributed by atoms with van der Waals surface area (Å²) in [6, 6.07) is 0. The zero-order valence-corrected chi connectivity index (χ0v) is 9.43. The summed E-state index contributed by atoms with van der Waals surface area (Å²) < 4.78 is 28.1. The maximum absolute atomic E-state index is 11.3. The number of esters is 1. The third-order valence-electron chi connectivity index (χ3n) is 1.50. The highest BCUT2D eigenvalue weighted by Crippen LogP contribution is 2.13. The molecule has 0 aromatic carbocycles. The van der Waals surface area contributed by atoms with E-state index in [1.54, 1.807) is 0 Å². The summed E-state index contributed by atoms with van der Waals surface area (Å²) in [4.78, 5) is 11.3. The van der Waals surface area contributed by atoms with Gasteiger partial charge in [-0.2, -0.15) is 4.21 Å². The van der Waals surface area contributed by atoms with Gasteiger partial charge in [-0.15, -0.1) is 0 Å². The second-order valence-corrected chi connectivity index (χ2v) is 3.90. The van der Waals surface area contributed by atoms with E-state index in [0.717, 1.165) is 12.8 Å². The lowest BCUT2D eigenvalue weighted by molar-refractivity contribution is -0.159. The first-order valence-electron chi connectivity index (χ1n) is 4.37. The summed E-state index contributed by atoms with van der Waals surface area (Å²) in [5, 5.41) is 0. The van der Waals surface area contributed by atoms with Gasteiger partial charge in [0, 0.05) is 0 Å². The van der Waals surface area contributed by atoms with Gasteiger partial charge in [0.25, 0.3) is 0 Å². The highest BCUT2D eigenvalue weighted by atomic mass is 32.2. The van der Waals surface area contributed by atoms with E-state index in [-0.39, 0.29) is 0 Å². The first-order chi connectivity index (χ1) is 6.40. The quantitative estimate of drug-likeness (QED) is 0.418. The second-order valence-electron chi connectivity index (χ2n) is 3.30. The Labute approximate surface area is 86.3 Å². The molecule has 84 valence electrons. The Morgan fingerprint density at radius 2 is 2.07 bits per heavy atom. The topological polar surface area (TPSA) is 72.8 Å². The Bertz CT molecular complexity index is 214. The average Bonchev–Trinajstić information content (AvgIpc) is 2.02. The SMILES string of the molecule is CCCCOC(=O)C(C)(C)OS(=O)O. The molecule has 1 N–H and O–H groups in total.